The van der Waals surface area contributed by atoms with E-state index in [-0.39, 0.29) is 17.6 Å². The number of nitrogens with two attached hydrogens (primary N) is 1. The molecule has 0 unspecified atom stereocenters. The van der Waals surface area contributed by atoms with Gasteiger partial charge in [-0.2, -0.15) is 0 Å². The van der Waals surface area contributed by atoms with Crippen LogP contribution in [-0.4, -0.2) is 20.3 Å². The molecule has 16 heavy (non-hydrogen) atoms. The third-order valence-corrected chi connectivity index (χ3v) is 2.23. The first-order valence-electron chi connectivity index (χ1n) is 5.32. The number of benzene rings is 1. The number of halogens is 1. The fourth-order valence-corrected chi connectivity index (χ4v) is 1.30. The lowest BCUT2D eigenvalue weighted by atomic mass is 10.1. The molecule has 0 saturated carbocycles. The number of ether oxygens (including phenoxy) is 2. The first kappa shape index (κ1) is 12.9. The van der Waals surface area contributed by atoms with Crippen LogP contribution in [0.2, 0.25) is 0 Å². The molecule has 0 bridgehead atoms. The average molecular weight is 227 g/mol. The van der Waals surface area contributed by atoms with Crippen molar-refractivity contribution in [3.05, 3.63) is 29.6 Å². The lowest BCUT2D eigenvalue weighted by molar-refractivity contribution is 0.170. The number of methoxy groups -OCH3 is 1. The highest BCUT2D eigenvalue weighted by Crippen LogP contribution is 2.21. The third kappa shape index (κ3) is 3.79. The molecule has 0 heterocycles. The summed E-state index contributed by atoms with van der Waals surface area (Å²) in [6, 6.07) is 4.63. The van der Waals surface area contributed by atoms with Crippen LogP contribution in [0.15, 0.2) is 18.2 Å². The molecule has 90 valence electrons. The summed E-state index contributed by atoms with van der Waals surface area (Å²) in [5.41, 5.74) is 6.41. The fourth-order valence-electron chi connectivity index (χ4n) is 1.30. The van der Waals surface area contributed by atoms with Gasteiger partial charge in [0.2, 0.25) is 0 Å². The molecule has 4 heteroatoms. The lowest BCUT2D eigenvalue weighted by Crippen LogP contribution is -2.06. The predicted molar refractivity (Wildman–Crippen MR) is 61.0 cm³/mol. The van der Waals surface area contributed by atoms with Gasteiger partial charge < -0.3 is 15.2 Å². The first-order chi connectivity index (χ1) is 7.65. The van der Waals surface area contributed by atoms with Crippen LogP contribution in [0, 0.1) is 5.82 Å². The smallest absolute Gasteiger partial charge is 0.165 e. The highest BCUT2D eigenvalue weighted by molar-refractivity contribution is 5.30. The van der Waals surface area contributed by atoms with E-state index in [1.807, 2.05) is 6.92 Å². The van der Waals surface area contributed by atoms with Crippen LogP contribution in [0.4, 0.5) is 4.39 Å². The molecule has 0 saturated heterocycles. The van der Waals surface area contributed by atoms with Gasteiger partial charge in [-0.25, -0.2) is 4.39 Å². The Bertz CT molecular complexity index is 329. The molecule has 0 aliphatic rings. The van der Waals surface area contributed by atoms with Gasteiger partial charge in [-0.05, 0) is 24.6 Å². The van der Waals surface area contributed by atoms with Crippen molar-refractivity contribution in [3.8, 4) is 5.75 Å². The van der Waals surface area contributed by atoms with Crippen LogP contribution in [0.3, 0.4) is 0 Å². The molecule has 1 aromatic carbocycles. The van der Waals surface area contributed by atoms with Gasteiger partial charge in [-0.1, -0.05) is 6.07 Å². The Morgan fingerprint density at radius 2 is 2.12 bits per heavy atom. The third-order valence-electron chi connectivity index (χ3n) is 2.23. The first-order valence-corrected chi connectivity index (χ1v) is 5.32. The molecule has 2 N–H and O–H groups in total. The molecule has 0 radical (unpaired) electrons. The summed E-state index contributed by atoms with van der Waals surface area (Å²) in [6.07, 6.45) is 0.741. The van der Waals surface area contributed by atoms with E-state index in [1.54, 1.807) is 19.2 Å². The summed E-state index contributed by atoms with van der Waals surface area (Å²) in [5.74, 6) is -0.104. The number of rotatable bonds is 6. The lowest BCUT2D eigenvalue weighted by Gasteiger charge is -2.10. The maximum absolute atomic E-state index is 13.5. The minimum atomic E-state index is -0.368. The zero-order valence-electron chi connectivity index (χ0n) is 9.70. The van der Waals surface area contributed by atoms with Crippen molar-refractivity contribution in [3.63, 3.8) is 0 Å². The Labute approximate surface area is 95.4 Å². The second-order valence-electron chi connectivity index (χ2n) is 3.67. The minimum Gasteiger partial charge on any atom is -0.490 e. The van der Waals surface area contributed by atoms with Crippen molar-refractivity contribution in [2.75, 3.05) is 20.3 Å². The van der Waals surface area contributed by atoms with Crippen molar-refractivity contribution in [2.45, 2.75) is 19.4 Å². The molecule has 0 aromatic heterocycles. The van der Waals surface area contributed by atoms with Crippen LogP contribution < -0.4 is 10.5 Å². The Hall–Kier alpha value is -1.13. The molecule has 1 rings (SSSR count). The molecular weight excluding hydrogens is 209 g/mol. The van der Waals surface area contributed by atoms with Crippen molar-refractivity contribution in [1.82, 2.24) is 0 Å². The monoisotopic (exact) mass is 227 g/mol. The second-order valence-corrected chi connectivity index (χ2v) is 3.67. The fraction of sp³-hybridized carbons (Fsp3) is 0.500. The Morgan fingerprint density at radius 1 is 1.38 bits per heavy atom. The standard InChI is InChI=1S/C12H18FNO2/c1-9(14)10-4-5-12(11(13)8-10)16-7-3-6-15-2/h4-5,8-9H,3,6-7,14H2,1-2H3/t9-/m1/s1. The minimum absolute atomic E-state index is 0.169. The van der Waals surface area contributed by atoms with Gasteiger partial charge in [0.05, 0.1) is 6.61 Å². The van der Waals surface area contributed by atoms with E-state index in [9.17, 15) is 4.39 Å². The van der Waals surface area contributed by atoms with Crippen LogP contribution in [0.5, 0.6) is 5.75 Å². The average Bonchev–Trinajstić information content (AvgIpc) is 2.26. The van der Waals surface area contributed by atoms with Gasteiger partial charge in [0.1, 0.15) is 0 Å². The summed E-state index contributed by atoms with van der Waals surface area (Å²) in [5, 5.41) is 0. The van der Waals surface area contributed by atoms with Gasteiger partial charge in [0.25, 0.3) is 0 Å². The normalized spacial score (nSPS) is 12.5. The molecule has 3 nitrogen and oxygen atoms in total. The van der Waals surface area contributed by atoms with Crippen molar-refractivity contribution in [2.24, 2.45) is 5.73 Å². The summed E-state index contributed by atoms with van der Waals surface area (Å²) in [6.45, 7) is 2.87. The Kier molecular flexibility index (Phi) is 5.22. The van der Waals surface area contributed by atoms with E-state index in [0.29, 0.717) is 13.2 Å². The second kappa shape index (κ2) is 6.45. The molecule has 0 fully saturated rings. The number of hydrogen-bond acceptors (Lipinski definition) is 3. The van der Waals surface area contributed by atoms with E-state index in [4.69, 9.17) is 15.2 Å². The summed E-state index contributed by atoms with van der Waals surface area (Å²) < 4.78 is 23.7. The van der Waals surface area contributed by atoms with Crippen LogP contribution in [-0.2, 0) is 4.74 Å². The summed E-state index contributed by atoms with van der Waals surface area (Å²) >= 11 is 0. The molecule has 0 amide bonds. The number of hydrogen-bond donors (Lipinski definition) is 1. The molecule has 1 atom stereocenters. The Balaban J connectivity index is 2.54. The van der Waals surface area contributed by atoms with E-state index < -0.39 is 0 Å². The SMILES string of the molecule is COCCCOc1ccc([C@@H](C)N)cc1F. The molecule has 0 aliphatic heterocycles. The topological polar surface area (TPSA) is 44.5 Å². The highest BCUT2D eigenvalue weighted by Gasteiger charge is 2.06. The zero-order chi connectivity index (χ0) is 12.0. The molecule has 1 aromatic rings. The molecule has 0 aliphatic carbocycles. The van der Waals surface area contributed by atoms with E-state index in [1.165, 1.54) is 6.07 Å². The van der Waals surface area contributed by atoms with Crippen molar-refractivity contribution in [1.29, 1.82) is 0 Å². The van der Waals surface area contributed by atoms with Gasteiger partial charge in [0.15, 0.2) is 11.6 Å². The Morgan fingerprint density at radius 3 is 2.69 bits per heavy atom. The van der Waals surface area contributed by atoms with Crippen molar-refractivity contribution >= 4 is 0 Å². The van der Waals surface area contributed by atoms with E-state index in [0.717, 1.165) is 12.0 Å². The quantitative estimate of drug-likeness (QED) is 0.758. The maximum atomic E-state index is 13.5. The van der Waals surface area contributed by atoms with Gasteiger partial charge in [-0.3, -0.25) is 0 Å². The zero-order valence-corrected chi connectivity index (χ0v) is 9.70. The van der Waals surface area contributed by atoms with E-state index in [2.05, 4.69) is 0 Å². The molecular formula is C12H18FNO2. The summed E-state index contributed by atoms with van der Waals surface area (Å²) in [7, 11) is 1.62. The highest BCUT2D eigenvalue weighted by atomic mass is 19.1. The summed E-state index contributed by atoms with van der Waals surface area (Å²) in [4.78, 5) is 0. The predicted octanol–water partition coefficient (Wildman–Crippen LogP) is 2.26. The molecule has 0 spiro atoms. The van der Waals surface area contributed by atoms with Crippen LogP contribution in [0.1, 0.15) is 24.9 Å². The maximum Gasteiger partial charge on any atom is 0.165 e. The van der Waals surface area contributed by atoms with Crippen molar-refractivity contribution < 1.29 is 13.9 Å². The van der Waals surface area contributed by atoms with Crippen LogP contribution in [0.25, 0.3) is 0 Å². The van der Waals surface area contributed by atoms with Gasteiger partial charge in [0, 0.05) is 26.2 Å². The van der Waals surface area contributed by atoms with Crippen LogP contribution >= 0.6 is 0 Å². The van der Waals surface area contributed by atoms with Gasteiger partial charge >= 0.3 is 0 Å². The van der Waals surface area contributed by atoms with Gasteiger partial charge in [-0.15, -0.1) is 0 Å². The largest absolute Gasteiger partial charge is 0.490 e. The van der Waals surface area contributed by atoms with E-state index >= 15 is 0 Å².